The van der Waals surface area contributed by atoms with E-state index in [0.29, 0.717) is 19.0 Å². The Hall–Kier alpha value is -1.26. The van der Waals surface area contributed by atoms with E-state index in [9.17, 15) is 4.79 Å². The summed E-state index contributed by atoms with van der Waals surface area (Å²) in [6.07, 6.45) is 1.62. The highest BCUT2D eigenvalue weighted by Crippen LogP contribution is 2.17. The molecule has 0 aromatic carbocycles. The van der Waals surface area contributed by atoms with E-state index in [2.05, 4.69) is 0 Å². The largest absolute Gasteiger partial charge is 0.467 e. The lowest BCUT2D eigenvalue weighted by molar-refractivity contribution is -0.135. The van der Waals surface area contributed by atoms with Crippen molar-refractivity contribution in [2.24, 2.45) is 5.92 Å². The molecule has 0 spiro atoms. The Morgan fingerprint density at radius 1 is 1.42 bits per heavy atom. The Morgan fingerprint density at radius 2 is 2.26 bits per heavy atom. The van der Waals surface area contributed by atoms with Gasteiger partial charge in [0.2, 0.25) is 5.91 Å². The molecule has 0 aliphatic heterocycles. The molecule has 2 rings (SSSR count). The van der Waals surface area contributed by atoms with E-state index in [1.807, 2.05) is 36.6 Å². The van der Waals surface area contributed by atoms with Crippen molar-refractivity contribution in [1.29, 1.82) is 0 Å². The molecule has 0 saturated heterocycles. The first-order valence-electron chi connectivity index (χ1n) is 6.10. The third kappa shape index (κ3) is 3.85. The van der Waals surface area contributed by atoms with Crippen LogP contribution in [-0.4, -0.2) is 16.7 Å². The smallest absolute Gasteiger partial charge is 0.227 e. The van der Waals surface area contributed by atoms with Gasteiger partial charge in [0.15, 0.2) is 0 Å². The minimum Gasteiger partial charge on any atom is -0.467 e. The van der Waals surface area contributed by atoms with E-state index in [1.54, 1.807) is 22.5 Å². The average Bonchev–Trinajstić information content (AvgIpc) is 3.09. The molecule has 2 aromatic rings. The van der Waals surface area contributed by atoms with E-state index in [0.717, 1.165) is 10.6 Å². The molecule has 0 fully saturated rings. The summed E-state index contributed by atoms with van der Waals surface area (Å²) in [5.41, 5.74) is 0. The standard InChI is InChI=1S/C14H16ClNO2S/c1-11(8-15)14(17)16(9-12-4-2-6-18-12)10-13-5-3-7-19-13/h2-7,11H,8-10H2,1H3. The van der Waals surface area contributed by atoms with Crippen molar-refractivity contribution in [3.8, 4) is 0 Å². The van der Waals surface area contributed by atoms with Crippen LogP contribution in [0, 0.1) is 5.92 Å². The zero-order chi connectivity index (χ0) is 13.7. The van der Waals surface area contributed by atoms with Crippen LogP contribution < -0.4 is 0 Å². The topological polar surface area (TPSA) is 33.5 Å². The molecule has 2 aromatic heterocycles. The molecule has 3 nitrogen and oxygen atoms in total. The van der Waals surface area contributed by atoms with Gasteiger partial charge < -0.3 is 9.32 Å². The molecule has 19 heavy (non-hydrogen) atoms. The van der Waals surface area contributed by atoms with Gasteiger partial charge >= 0.3 is 0 Å². The molecular formula is C14H16ClNO2S. The minimum absolute atomic E-state index is 0.0554. The second-order valence-electron chi connectivity index (χ2n) is 4.41. The van der Waals surface area contributed by atoms with Crippen LogP contribution in [0.5, 0.6) is 0 Å². The van der Waals surface area contributed by atoms with Crippen LogP contribution >= 0.6 is 22.9 Å². The van der Waals surface area contributed by atoms with Crippen LogP contribution in [0.25, 0.3) is 0 Å². The van der Waals surface area contributed by atoms with Crippen LogP contribution in [0.3, 0.4) is 0 Å². The Kier molecular flexibility index (Phi) is 5.05. The predicted octanol–water partition coefficient (Wildman–Crippen LogP) is 3.74. The minimum atomic E-state index is -0.184. The molecule has 0 bridgehead atoms. The van der Waals surface area contributed by atoms with E-state index >= 15 is 0 Å². The molecule has 1 atom stereocenters. The van der Waals surface area contributed by atoms with Gasteiger partial charge in [-0.3, -0.25) is 4.79 Å². The van der Waals surface area contributed by atoms with E-state index in [4.69, 9.17) is 16.0 Å². The van der Waals surface area contributed by atoms with Crippen molar-refractivity contribution in [3.05, 3.63) is 46.5 Å². The maximum absolute atomic E-state index is 12.3. The SMILES string of the molecule is CC(CCl)C(=O)N(Cc1ccco1)Cc1cccs1. The van der Waals surface area contributed by atoms with E-state index in [-0.39, 0.29) is 11.8 Å². The van der Waals surface area contributed by atoms with Crippen molar-refractivity contribution in [2.75, 3.05) is 5.88 Å². The zero-order valence-electron chi connectivity index (χ0n) is 10.7. The first-order chi connectivity index (χ1) is 9.20. The second kappa shape index (κ2) is 6.78. The Balaban J connectivity index is 2.10. The first kappa shape index (κ1) is 14.2. The Bertz CT molecular complexity index is 459. The van der Waals surface area contributed by atoms with Gasteiger partial charge in [-0.2, -0.15) is 0 Å². The Labute approximate surface area is 121 Å². The van der Waals surface area contributed by atoms with Crippen LogP contribution in [0.2, 0.25) is 0 Å². The van der Waals surface area contributed by atoms with E-state index < -0.39 is 0 Å². The number of hydrogen-bond donors (Lipinski definition) is 0. The summed E-state index contributed by atoms with van der Waals surface area (Å²) in [4.78, 5) is 15.3. The molecule has 1 amide bonds. The maximum Gasteiger partial charge on any atom is 0.227 e. The van der Waals surface area contributed by atoms with Gasteiger partial charge in [-0.1, -0.05) is 13.0 Å². The van der Waals surface area contributed by atoms with Gasteiger partial charge in [-0.05, 0) is 23.6 Å². The first-order valence-corrected chi connectivity index (χ1v) is 7.51. The van der Waals surface area contributed by atoms with Gasteiger partial charge in [0, 0.05) is 16.7 Å². The van der Waals surface area contributed by atoms with Crippen molar-refractivity contribution < 1.29 is 9.21 Å². The summed E-state index contributed by atoms with van der Waals surface area (Å²) >= 11 is 7.43. The molecule has 0 aliphatic carbocycles. The summed E-state index contributed by atoms with van der Waals surface area (Å²) in [6, 6.07) is 7.72. The van der Waals surface area contributed by atoms with Crippen molar-refractivity contribution in [2.45, 2.75) is 20.0 Å². The van der Waals surface area contributed by atoms with E-state index in [1.165, 1.54) is 0 Å². The van der Waals surface area contributed by atoms with Gasteiger partial charge in [0.05, 0.1) is 19.4 Å². The second-order valence-corrected chi connectivity index (χ2v) is 5.75. The maximum atomic E-state index is 12.3. The van der Waals surface area contributed by atoms with Crippen LogP contribution in [-0.2, 0) is 17.9 Å². The summed E-state index contributed by atoms with van der Waals surface area (Å²) in [5, 5.41) is 2.01. The zero-order valence-corrected chi connectivity index (χ0v) is 12.3. The number of halogens is 1. The number of carbonyl (C=O) groups is 1. The molecule has 0 saturated carbocycles. The summed E-state index contributed by atoms with van der Waals surface area (Å²) in [7, 11) is 0. The fraction of sp³-hybridized carbons (Fsp3) is 0.357. The third-order valence-electron chi connectivity index (χ3n) is 2.82. The molecular weight excluding hydrogens is 282 g/mol. The number of furan rings is 1. The molecule has 0 radical (unpaired) electrons. The molecule has 2 heterocycles. The number of alkyl halides is 1. The highest BCUT2D eigenvalue weighted by atomic mass is 35.5. The highest BCUT2D eigenvalue weighted by molar-refractivity contribution is 7.09. The summed E-state index contributed by atoms with van der Waals surface area (Å²) < 4.78 is 5.32. The lowest BCUT2D eigenvalue weighted by atomic mass is 10.2. The molecule has 0 N–H and O–H groups in total. The van der Waals surface area contributed by atoms with Crippen LogP contribution in [0.15, 0.2) is 40.3 Å². The van der Waals surface area contributed by atoms with Crippen molar-refractivity contribution >= 4 is 28.8 Å². The molecule has 1 unspecified atom stereocenters. The average molecular weight is 298 g/mol. The highest BCUT2D eigenvalue weighted by Gasteiger charge is 2.21. The lowest BCUT2D eigenvalue weighted by Crippen LogP contribution is -2.34. The lowest BCUT2D eigenvalue weighted by Gasteiger charge is -2.23. The number of amides is 1. The fourth-order valence-corrected chi connectivity index (χ4v) is 2.62. The number of rotatable bonds is 6. The van der Waals surface area contributed by atoms with Gasteiger partial charge in [0.1, 0.15) is 5.76 Å². The van der Waals surface area contributed by atoms with Crippen LogP contribution in [0.4, 0.5) is 0 Å². The Morgan fingerprint density at radius 3 is 2.84 bits per heavy atom. The molecule has 102 valence electrons. The molecule has 5 heteroatoms. The summed E-state index contributed by atoms with van der Waals surface area (Å²) in [5.74, 6) is 0.987. The molecule has 0 aliphatic rings. The van der Waals surface area contributed by atoms with Gasteiger partial charge in [-0.25, -0.2) is 0 Å². The number of nitrogens with zero attached hydrogens (tertiary/aromatic N) is 1. The predicted molar refractivity (Wildman–Crippen MR) is 77.2 cm³/mol. The fourth-order valence-electron chi connectivity index (χ4n) is 1.77. The van der Waals surface area contributed by atoms with Crippen LogP contribution in [0.1, 0.15) is 17.6 Å². The number of carbonyl (C=O) groups excluding carboxylic acids is 1. The number of thiophene rings is 1. The normalized spacial score (nSPS) is 12.3. The quantitative estimate of drug-likeness (QED) is 0.761. The monoisotopic (exact) mass is 297 g/mol. The number of hydrogen-bond acceptors (Lipinski definition) is 3. The van der Waals surface area contributed by atoms with Crippen molar-refractivity contribution in [1.82, 2.24) is 4.90 Å². The van der Waals surface area contributed by atoms with Gasteiger partial charge in [-0.15, -0.1) is 22.9 Å². The third-order valence-corrected chi connectivity index (χ3v) is 4.14. The van der Waals surface area contributed by atoms with Gasteiger partial charge in [0.25, 0.3) is 0 Å². The van der Waals surface area contributed by atoms with Crippen molar-refractivity contribution in [3.63, 3.8) is 0 Å². The summed E-state index contributed by atoms with van der Waals surface area (Å²) in [6.45, 7) is 2.92.